The second kappa shape index (κ2) is 5.22. The Morgan fingerprint density at radius 3 is 2.89 bits per heavy atom. The van der Waals surface area contributed by atoms with Crippen molar-refractivity contribution in [1.82, 2.24) is 5.32 Å². The lowest BCUT2D eigenvalue weighted by molar-refractivity contribution is 0.515. The van der Waals surface area contributed by atoms with Gasteiger partial charge in [0, 0.05) is 29.3 Å². The van der Waals surface area contributed by atoms with Crippen molar-refractivity contribution in [1.29, 1.82) is 0 Å². The zero-order chi connectivity index (χ0) is 12.5. The summed E-state index contributed by atoms with van der Waals surface area (Å²) in [6, 6.07) is 7.53. The Kier molecular flexibility index (Phi) is 3.62. The number of anilines is 1. The number of halogens is 1. The lowest BCUT2D eigenvalue weighted by atomic mass is 10.1. The molecule has 0 amide bonds. The van der Waals surface area contributed by atoms with Gasteiger partial charge in [0.25, 0.3) is 0 Å². The van der Waals surface area contributed by atoms with E-state index in [2.05, 4.69) is 51.3 Å². The zero-order valence-corrected chi connectivity index (χ0v) is 12.5. The number of hydrogen-bond donors (Lipinski definition) is 1. The summed E-state index contributed by atoms with van der Waals surface area (Å²) in [5, 5.41) is 3.66. The van der Waals surface area contributed by atoms with Gasteiger partial charge >= 0.3 is 0 Å². The van der Waals surface area contributed by atoms with E-state index in [1.807, 2.05) is 0 Å². The number of aryl methyl sites for hydroxylation is 1. The van der Waals surface area contributed by atoms with Gasteiger partial charge in [-0.25, -0.2) is 0 Å². The normalized spacial score (nSPS) is 23.7. The number of nitrogens with zero attached hydrogens (tertiary/aromatic N) is 1. The maximum Gasteiger partial charge on any atom is 0.0369 e. The van der Waals surface area contributed by atoms with Gasteiger partial charge < -0.3 is 10.2 Å². The van der Waals surface area contributed by atoms with Gasteiger partial charge in [-0.2, -0.15) is 0 Å². The predicted molar refractivity (Wildman–Crippen MR) is 80.2 cm³/mol. The number of rotatable bonds is 4. The molecule has 98 valence electrons. The van der Waals surface area contributed by atoms with Crippen molar-refractivity contribution in [2.24, 2.45) is 5.92 Å². The van der Waals surface area contributed by atoms with Gasteiger partial charge in [-0.3, -0.25) is 0 Å². The average molecular weight is 309 g/mol. The van der Waals surface area contributed by atoms with Gasteiger partial charge in [0.05, 0.1) is 0 Å². The molecule has 3 heteroatoms. The third-order valence-electron chi connectivity index (χ3n) is 4.07. The highest BCUT2D eigenvalue weighted by molar-refractivity contribution is 9.10. The minimum Gasteiger partial charge on any atom is -0.371 e. The number of nitrogens with one attached hydrogen (secondary N) is 1. The first-order valence-electron chi connectivity index (χ1n) is 6.97. The quantitative estimate of drug-likeness (QED) is 0.918. The highest BCUT2D eigenvalue weighted by Crippen LogP contribution is 2.28. The highest BCUT2D eigenvalue weighted by atomic mass is 79.9. The molecule has 3 rings (SSSR count). The van der Waals surface area contributed by atoms with Gasteiger partial charge in [0.15, 0.2) is 0 Å². The monoisotopic (exact) mass is 308 g/mol. The van der Waals surface area contributed by atoms with Gasteiger partial charge in [-0.15, -0.1) is 0 Å². The highest BCUT2D eigenvalue weighted by Gasteiger charge is 2.26. The van der Waals surface area contributed by atoms with E-state index in [0.717, 1.165) is 12.0 Å². The first-order valence-corrected chi connectivity index (χ1v) is 7.76. The molecule has 1 atom stereocenters. The number of benzene rings is 1. The van der Waals surface area contributed by atoms with Crippen molar-refractivity contribution in [2.75, 3.05) is 24.5 Å². The summed E-state index contributed by atoms with van der Waals surface area (Å²) >= 11 is 3.57. The third-order valence-corrected chi connectivity index (χ3v) is 4.95. The lowest BCUT2D eigenvalue weighted by Gasteiger charge is -2.19. The molecule has 1 saturated carbocycles. The van der Waals surface area contributed by atoms with Crippen LogP contribution in [-0.2, 0) is 0 Å². The van der Waals surface area contributed by atoms with Crippen LogP contribution < -0.4 is 10.2 Å². The maximum absolute atomic E-state index is 3.66. The number of hydrogen-bond acceptors (Lipinski definition) is 2. The molecule has 2 nitrogen and oxygen atoms in total. The van der Waals surface area contributed by atoms with Crippen LogP contribution in [0.1, 0.15) is 24.8 Å². The van der Waals surface area contributed by atoms with Crippen LogP contribution in [0.15, 0.2) is 22.7 Å². The minimum absolute atomic E-state index is 0.828. The van der Waals surface area contributed by atoms with E-state index in [4.69, 9.17) is 0 Å². The molecule has 1 saturated heterocycles. The first kappa shape index (κ1) is 12.5. The molecule has 1 unspecified atom stereocenters. The van der Waals surface area contributed by atoms with Crippen molar-refractivity contribution >= 4 is 21.6 Å². The van der Waals surface area contributed by atoms with E-state index < -0.39 is 0 Å². The van der Waals surface area contributed by atoms with E-state index in [9.17, 15) is 0 Å². The molecular formula is C15H21BrN2. The summed E-state index contributed by atoms with van der Waals surface area (Å²) in [4.78, 5) is 2.53. The van der Waals surface area contributed by atoms with Crippen LogP contribution in [0, 0.1) is 12.8 Å². The molecule has 1 aromatic carbocycles. The Bertz CT molecular complexity index is 429. The SMILES string of the molecule is Cc1cc(N2CCC(CNC3CC3)C2)ccc1Br. The summed E-state index contributed by atoms with van der Waals surface area (Å²) in [6.07, 6.45) is 4.11. The fraction of sp³-hybridized carbons (Fsp3) is 0.600. The molecule has 1 heterocycles. The van der Waals surface area contributed by atoms with Gasteiger partial charge in [-0.1, -0.05) is 15.9 Å². The van der Waals surface area contributed by atoms with Crippen molar-refractivity contribution in [3.8, 4) is 0 Å². The standard InChI is InChI=1S/C15H21BrN2/c1-11-8-14(4-5-15(11)16)18-7-6-12(10-18)9-17-13-2-3-13/h4-5,8,12-13,17H,2-3,6-7,9-10H2,1H3. The largest absolute Gasteiger partial charge is 0.371 e. The zero-order valence-electron chi connectivity index (χ0n) is 11.0. The molecule has 0 bridgehead atoms. The van der Waals surface area contributed by atoms with Crippen LogP contribution in [0.2, 0.25) is 0 Å². The molecule has 1 aliphatic heterocycles. The van der Waals surface area contributed by atoms with Crippen LogP contribution in [0.25, 0.3) is 0 Å². The topological polar surface area (TPSA) is 15.3 Å². The third kappa shape index (κ3) is 2.89. The van der Waals surface area contributed by atoms with Gasteiger partial charge in [0.1, 0.15) is 0 Å². The van der Waals surface area contributed by atoms with Crippen LogP contribution in [-0.4, -0.2) is 25.7 Å². The van der Waals surface area contributed by atoms with E-state index in [0.29, 0.717) is 0 Å². The van der Waals surface area contributed by atoms with Crippen LogP contribution in [0.4, 0.5) is 5.69 Å². The molecule has 0 aromatic heterocycles. The van der Waals surface area contributed by atoms with Crippen LogP contribution in [0.5, 0.6) is 0 Å². The average Bonchev–Trinajstić information content (AvgIpc) is 3.08. The van der Waals surface area contributed by atoms with E-state index in [1.54, 1.807) is 0 Å². The molecule has 1 aromatic rings. The first-order chi connectivity index (χ1) is 8.72. The smallest absolute Gasteiger partial charge is 0.0369 e. The van der Waals surface area contributed by atoms with Crippen molar-refractivity contribution < 1.29 is 0 Å². The predicted octanol–water partition coefficient (Wildman–Crippen LogP) is 3.34. The van der Waals surface area contributed by atoms with Crippen molar-refractivity contribution in [3.05, 3.63) is 28.2 Å². The summed E-state index contributed by atoms with van der Waals surface area (Å²) in [5.74, 6) is 0.828. The van der Waals surface area contributed by atoms with E-state index >= 15 is 0 Å². The molecule has 0 radical (unpaired) electrons. The molecule has 18 heavy (non-hydrogen) atoms. The summed E-state index contributed by atoms with van der Waals surface area (Å²) < 4.78 is 1.21. The van der Waals surface area contributed by atoms with Crippen LogP contribution in [0.3, 0.4) is 0 Å². The second-order valence-corrected chi connectivity index (χ2v) is 6.57. The molecule has 1 N–H and O–H groups in total. The van der Waals surface area contributed by atoms with E-state index in [1.165, 1.54) is 54.6 Å². The van der Waals surface area contributed by atoms with E-state index in [-0.39, 0.29) is 0 Å². The fourth-order valence-corrected chi connectivity index (χ4v) is 2.93. The Hall–Kier alpha value is -0.540. The Labute approximate surface area is 118 Å². The maximum atomic E-state index is 3.66. The van der Waals surface area contributed by atoms with Crippen molar-refractivity contribution in [3.63, 3.8) is 0 Å². The van der Waals surface area contributed by atoms with Crippen LogP contribution >= 0.6 is 15.9 Å². The van der Waals surface area contributed by atoms with Crippen molar-refractivity contribution in [2.45, 2.75) is 32.2 Å². The molecule has 2 aliphatic rings. The molecule has 2 fully saturated rings. The second-order valence-electron chi connectivity index (χ2n) is 5.72. The molecule has 0 spiro atoms. The van der Waals surface area contributed by atoms with Gasteiger partial charge in [-0.05, 0) is 62.4 Å². The molecule has 1 aliphatic carbocycles. The molecular weight excluding hydrogens is 288 g/mol. The lowest BCUT2D eigenvalue weighted by Crippen LogP contribution is -2.27. The fourth-order valence-electron chi connectivity index (χ4n) is 2.68. The summed E-state index contributed by atoms with van der Waals surface area (Å²) in [5.41, 5.74) is 2.71. The Balaban J connectivity index is 1.58. The van der Waals surface area contributed by atoms with Gasteiger partial charge in [0.2, 0.25) is 0 Å². The summed E-state index contributed by atoms with van der Waals surface area (Å²) in [6.45, 7) is 5.78. The Morgan fingerprint density at radius 2 is 2.17 bits per heavy atom. The summed E-state index contributed by atoms with van der Waals surface area (Å²) in [7, 11) is 0. The Morgan fingerprint density at radius 1 is 1.33 bits per heavy atom. The minimum atomic E-state index is 0.828.